The van der Waals surface area contributed by atoms with Crippen LogP contribution in [0.2, 0.25) is 0 Å². The van der Waals surface area contributed by atoms with Gasteiger partial charge in [0.1, 0.15) is 5.75 Å². The lowest BCUT2D eigenvalue weighted by molar-refractivity contribution is 0.417. The Balaban J connectivity index is 2.00. The van der Waals surface area contributed by atoms with E-state index >= 15 is 0 Å². The van der Waals surface area contributed by atoms with Crippen LogP contribution in [0, 0.1) is 0 Å². The zero-order valence-corrected chi connectivity index (χ0v) is 15.1. The molecule has 0 aliphatic heterocycles. The number of nitrogens with zero attached hydrogens (tertiary/aromatic N) is 1. The van der Waals surface area contributed by atoms with E-state index in [0.717, 1.165) is 39.8 Å². The number of pyridine rings is 1. The first-order valence-electron chi connectivity index (χ1n) is 8.41. The van der Waals surface area contributed by atoms with Gasteiger partial charge in [-0.1, -0.05) is 31.2 Å². The van der Waals surface area contributed by atoms with Crippen molar-refractivity contribution in [2.45, 2.75) is 19.4 Å². The minimum Gasteiger partial charge on any atom is -0.496 e. The molecule has 2 aromatic heterocycles. The van der Waals surface area contributed by atoms with Crippen LogP contribution in [0.15, 0.2) is 54.0 Å². The Bertz CT molecular complexity index is 1040. The smallest absolute Gasteiger partial charge is 0.127 e. The van der Waals surface area contributed by atoms with Gasteiger partial charge in [-0.25, -0.2) is 0 Å². The SMILES string of the molecule is CC[C@H](N)c1ccc(-c2c(OC)ccc3ncc4sccc4c23)cc1. The maximum Gasteiger partial charge on any atom is 0.127 e. The molecule has 0 fully saturated rings. The summed E-state index contributed by atoms with van der Waals surface area (Å²) in [5.74, 6) is 0.862. The van der Waals surface area contributed by atoms with Gasteiger partial charge < -0.3 is 10.5 Å². The van der Waals surface area contributed by atoms with Crippen molar-refractivity contribution in [2.24, 2.45) is 5.73 Å². The molecule has 0 saturated heterocycles. The normalized spacial score (nSPS) is 12.6. The molecule has 126 valence electrons. The van der Waals surface area contributed by atoms with Crippen LogP contribution in [0.3, 0.4) is 0 Å². The fourth-order valence-electron chi connectivity index (χ4n) is 3.30. The van der Waals surface area contributed by atoms with Gasteiger partial charge in [-0.2, -0.15) is 0 Å². The summed E-state index contributed by atoms with van der Waals surface area (Å²) in [5, 5.41) is 4.47. The van der Waals surface area contributed by atoms with E-state index in [4.69, 9.17) is 10.5 Å². The topological polar surface area (TPSA) is 48.1 Å². The van der Waals surface area contributed by atoms with E-state index in [2.05, 4.69) is 47.6 Å². The largest absolute Gasteiger partial charge is 0.496 e. The van der Waals surface area contributed by atoms with Gasteiger partial charge in [0.05, 0.1) is 17.3 Å². The van der Waals surface area contributed by atoms with E-state index in [0.29, 0.717) is 0 Å². The molecular weight excluding hydrogens is 328 g/mol. The number of rotatable bonds is 4. The maximum atomic E-state index is 6.16. The second-order valence-electron chi connectivity index (χ2n) is 6.13. The van der Waals surface area contributed by atoms with Crippen LogP contribution in [0.5, 0.6) is 5.75 Å². The van der Waals surface area contributed by atoms with Gasteiger partial charge in [0.15, 0.2) is 0 Å². The number of ether oxygens (including phenoxy) is 1. The maximum absolute atomic E-state index is 6.16. The summed E-state index contributed by atoms with van der Waals surface area (Å²) >= 11 is 1.71. The highest BCUT2D eigenvalue weighted by molar-refractivity contribution is 7.17. The molecule has 4 rings (SSSR count). The highest BCUT2D eigenvalue weighted by Gasteiger charge is 2.15. The van der Waals surface area contributed by atoms with E-state index in [9.17, 15) is 0 Å². The molecule has 2 aromatic carbocycles. The number of nitrogens with two attached hydrogens (primary N) is 1. The zero-order chi connectivity index (χ0) is 17.4. The summed E-state index contributed by atoms with van der Waals surface area (Å²) < 4.78 is 6.87. The van der Waals surface area contributed by atoms with E-state index < -0.39 is 0 Å². The van der Waals surface area contributed by atoms with Crippen LogP contribution in [0.25, 0.3) is 32.1 Å². The molecule has 0 amide bonds. The van der Waals surface area contributed by atoms with Crippen molar-refractivity contribution in [1.82, 2.24) is 4.98 Å². The number of aromatic nitrogens is 1. The molecule has 4 heteroatoms. The number of thiophene rings is 1. The summed E-state index contributed by atoms with van der Waals surface area (Å²) in [7, 11) is 1.72. The summed E-state index contributed by atoms with van der Waals surface area (Å²) in [6.07, 6.45) is 2.87. The Hall–Kier alpha value is -2.43. The van der Waals surface area contributed by atoms with E-state index in [1.54, 1.807) is 18.4 Å². The quantitative estimate of drug-likeness (QED) is 0.527. The average Bonchev–Trinajstić information content (AvgIpc) is 3.15. The Morgan fingerprint density at radius 1 is 1.12 bits per heavy atom. The third kappa shape index (κ3) is 2.68. The van der Waals surface area contributed by atoms with Crippen LogP contribution in [-0.4, -0.2) is 12.1 Å². The second-order valence-corrected chi connectivity index (χ2v) is 7.08. The number of benzene rings is 2. The Labute approximate surface area is 151 Å². The van der Waals surface area contributed by atoms with E-state index in [-0.39, 0.29) is 6.04 Å². The molecule has 0 aliphatic rings. The number of methoxy groups -OCH3 is 1. The molecule has 0 aliphatic carbocycles. The van der Waals surface area contributed by atoms with E-state index in [1.165, 1.54) is 10.1 Å². The van der Waals surface area contributed by atoms with Crippen LogP contribution in [0.4, 0.5) is 0 Å². The van der Waals surface area contributed by atoms with Crippen LogP contribution in [0.1, 0.15) is 24.9 Å². The Kier molecular flexibility index (Phi) is 4.15. The number of hydrogen-bond donors (Lipinski definition) is 1. The van der Waals surface area contributed by atoms with Crippen LogP contribution < -0.4 is 10.5 Å². The third-order valence-corrected chi connectivity index (χ3v) is 5.57. The Morgan fingerprint density at radius 2 is 1.92 bits per heavy atom. The van der Waals surface area contributed by atoms with Crippen molar-refractivity contribution in [3.8, 4) is 16.9 Å². The fourth-order valence-corrected chi connectivity index (χ4v) is 4.06. The molecule has 2 N–H and O–H groups in total. The first-order chi connectivity index (χ1) is 12.2. The molecular formula is C21H20N2OS. The molecule has 0 spiro atoms. The number of fused-ring (bicyclic) bond motifs is 3. The molecule has 2 heterocycles. The summed E-state index contributed by atoms with van der Waals surface area (Å²) in [5.41, 5.74) is 10.5. The predicted molar refractivity (Wildman–Crippen MR) is 106 cm³/mol. The minimum atomic E-state index is 0.0775. The lowest BCUT2D eigenvalue weighted by Gasteiger charge is -2.15. The van der Waals surface area contributed by atoms with Gasteiger partial charge in [-0.15, -0.1) is 11.3 Å². The van der Waals surface area contributed by atoms with Crippen molar-refractivity contribution < 1.29 is 4.74 Å². The van der Waals surface area contributed by atoms with Crippen molar-refractivity contribution in [2.75, 3.05) is 7.11 Å². The van der Waals surface area contributed by atoms with Gasteiger partial charge in [0, 0.05) is 28.6 Å². The molecule has 4 aromatic rings. The lowest BCUT2D eigenvalue weighted by Crippen LogP contribution is -2.08. The van der Waals surface area contributed by atoms with Gasteiger partial charge in [-0.05, 0) is 41.1 Å². The fraction of sp³-hybridized carbons (Fsp3) is 0.190. The average molecular weight is 348 g/mol. The monoisotopic (exact) mass is 348 g/mol. The van der Waals surface area contributed by atoms with Gasteiger partial charge in [0.2, 0.25) is 0 Å². The second kappa shape index (κ2) is 6.47. The minimum absolute atomic E-state index is 0.0775. The summed E-state index contributed by atoms with van der Waals surface area (Å²) in [6, 6.07) is 14.7. The van der Waals surface area contributed by atoms with Crippen LogP contribution >= 0.6 is 11.3 Å². The first-order valence-corrected chi connectivity index (χ1v) is 9.29. The lowest BCUT2D eigenvalue weighted by atomic mass is 9.95. The van der Waals surface area contributed by atoms with Gasteiger partial charge in [-0.3, -0.25) is 4.98 Å². The molecule has 0 bridgehead atoms. The third-order valence-electron chi connectivity index (χ3n) is 4.72. The Morgan fingerprint density at radius 3 is 2.64 bits per heavy atom. The highest BCUT2D eigenvalue weighted by atomic mass is 32.1. The summed E-state index contributed by atoms with van der Waals surface area (Å²) in [6.45, 7) is 2.10. The van der Waals surface area contributed by atoms with E-state index in [1.807, 2.05) is 18.3 Å². The molecule has 0 saturated carbocycles. The predicted octanol–water partition coefficient (Wildman–Crippen LogP) is 5.53. The number of hydrogen-bond acceptors (Lipinski definition) is 4. The molecule has 0 unspecified atom stereocenters. The van der Waals surface area contributed by atoms with Crippen molar-refractivity contribution in [3.63, 3.8) is 0 Å². The van der Waals surface area contributed by atoms with Gasteiger partial charge in [0.25, 0.3) is 0 Å². The first kappa shape index (κ1) is 16.1. The molecule has 25 heavy (non-hydrogen) atoms. The molecule has 1 atom stereocenters. The van der Waals surface area contributed by atoms with Crippen molar-refractivity contribution in [1.29, 1.82) is 0 Å². The standard InChI is InChI=1S/C21H20N2OS/c1-3-16(22)13-4-6-14(7-5-13)20-18(24-2)9-8-17-21(20)15-10-11-25-19(15)12-23-17/h4-12,16H,3,22H2,1-2H3/t16-/m0/s1. The molecule has 0 radical (unpaired) electrons. The van der Waals surface area contributed by atoms with Crippen molar-refractivity contribution in [3.05, 3.63) is 59.6 Å². The highest BCUT2D eigenvalue weighted by Crippen LogP contribution is 2.41. The van der Waals surface area contributed by atoms with Crippen molar-refractivity contribution >= 4 is 32.3 Å². The molecule has 3 nitrogen and oxygen atoms in total. The zero-order valence-electron chi connectivity index (χ0n) is 14.3. The van der Waals surface area contributed by atoms with Gasteiger partial charge >= 0.3 is 0 Å². The van der Waals surface area contributed by atoms with Crippen LogP contribution in [-0.2, 0) is 0 Å². The summed E-state index contributed by atoms with van der Waals surface area (Å²) in [4.78, 5) is 4.64.